The average Bonchev–Trinajstić information content (AvgIpc) is 3.41. The van der Waals surface area contributed by atoms with Crippen LogP contribution in [0.25, 0.3) is 33.0 Å². The van der Waals surface area contributed by atoms with Gasteiger partial charge in [0.2, 0.25) is 0 Å². The standard InChI is InChI=1S/C24H22N4O2/c1-25-11-6-12-28-14-18(16-8-3-5-10-20(16)28)22-21(23(29)27-24(22)30)17-13-26-19-9-4-2-7-15(17)19/h2-5,7-10,13-14,25-26H,6,11-12H2,1H3,(H,27,29,30). The number of hydrogen-bond acceptors (Lipinski definition) is 3. The van der Waals surface area contributed by atoms with Crippen LogP contribution >= 0.6 is 0 Å². The number of nitrogens with one attached hydrogen (secondary N) is 3. The molecular weight excluding hydrogens is 376 g/mol. The van der Waals surface area contributed by atoms with Crippen LogP contribution < -0.4 is 10.6 Å². The number of benzene rings is 2. The lowest BCUT2D eigenvalue weighted by molar-refractivity contribution is -0.122. The number of hydrogen-bond donors (Lipinski definition) is 3. The van der Waals surface area contributed by atoms with Crippen molar-refractivity contribution in [2.45, 2.75) is 13.0 Å². The Hall–Kier alpha value is -3.64. The van der Waals surface area contributed by atoms with Crippen LogP contribution in [0.1, 0.15) is 17.5 Å². The van der Waals surface area contributed by atoms with Crippen molar-refractivity contribution >= 4 is 44.8 Å². The van der Waals surface area contributed by atoms with Crippen LogP contribution in [0.4, 0.5) is 0 Å². The molecule has 0 radical (unpaired) electrons. The maximum atomic E-state index is 12.9. The Balaban J connectivity index is 1.74. The molecule has 0 aliphatic carbocycles. The molecule has 2 amide bonds. The van der Waals surface area contributed by atoms with Crippen molar-refractivity contribution in [2.75, 3.05) is 13.6 Å². The second kappa shape index (κ2) is 7.31. The SMILES string of the molecule is CNCCCn1cc(C2=C(c3c[nH]c4ccccc34)C(=O)NC2=O)c2ccccc21. The van der Waals surface area contributed by atoms with E-state index in [0.29, 0.717) is 11.1 Å². The highest BCUT2D eigenvalue weighted by Gasteiger charge is 2.34. The fourth-order valence-corrected chi connectivity index (χ4v) is 4.30. The lowest BCUT2D eigenvalue weighted by Crippen LogP contribution is -2.22. The summed E-state index contributed by atoms with van der Waals surface area (Å²) < 4.78 is 2.16. The summed E-state index contributed by atoms with van der Waals surface area (Å²) in [6.45, 7) is 1.73. The number of nitrogens with zero attached hydrogens (tertiary/aromatic N) is 1. The number of carbonyl (C=O) groups is 2. The molecule has 30 heavy (non-hydrogen) atoms. The number of aromatic amines is 1. The van der Waals surface area contributed by atoms with Crippen molar-refractivity contribution in [3.8, 4) is 0 Å². The van der Waals surface area contributed by atoms with Crippen LogP contribution in [0.15, 0.2) is 60.9 Å². The van der Waals surface area contributed by atoms with E-state index < -0.39 is 0 Å². The number of rotatable bonds is 6. The second-order valence-corrected chi connectivity index (χ2v) is 7.49. The van der Waals surface area contributed by atoms with E-state index in [0.717, 1.165) is 52.4 Å². The molecule has 4 aromatic rings. The van der Waals surface area contributed by atoms with Crippen LogP contribution in [-0.4, -0.2) is 35.0 Å². The summed E-state index contributed by atoms with van der Waals surface area (Å²) in [7, 11) is 1.94. The van der Waals surface area contributed by atoms with Crippen molar-refractivity contribution in [3.05, 3.63) is 72.1 Å². The molecule has 0 spiro atoms. The van der Waals surface area contributed by atoms with Gasteiger partial charge in [0.05, 0.1) is 11.1 Å². The number of aromatic nitrogens is 2. The highest BCUT2D eigenvalue weighted by molar-refractivity contribution is 6.50. The van der Waals surface area contributed by atoms with Gasteiger partial charge in [0.1, 0.15) is 0 Å². The lowest BCUT2D eigenvalue weighted by atomic mass is 9.95. The van der Waals surface area contributed by atoms with Gasteiger partial charge in [0, 0.05) is 51.9 Å². The van der Waals surface area contributed by atoms with Gasteiger partial charge in [-0.05, 0) is 32.1 Å². The molecule has 5 rings (SSSR count). The summed E-state index contributed by atoms with van der Waals surface area (Å²) in [6.07, 6.45) is 4.78. The van der Waals surface area contributed by atoms with Crippen LogP contribution in [0, 0.1) is 0 Å². The summed E-state index contributed by atoms with van der Waals surface area (Å²) in [5.74, 6) is -0.704. The molecule has 1 aliphatic rings. The van der Waals surface area contributed by atoms with E-state index in [1.807, 2.05) is 61.9 Å². The second-order valence-electron chi connectivity index (χ2n) is 7.49. The number of carbonyl (C=O) groups excluding carboxylic acids is 2. The molecule has 0 bridgehead atoms. The first-order valence-corrected chi connectivity index (χ1v) is 10.1. The predicted octanol–water partition coefficient (Wildman–Crippen LogP) is 3.30. The first kappa shape index (κ1) is 18.4. The third-order valence-electron chi connectivity index (χ3n) is 5.67. The van der Waals surface area contributed by atoms with Gasteiger partial charge in [-0.25, -0.2) is 0 Å². The minimum atomic E-state index is -0.355. The van der Waals surface area contributed by atoms with Gasteiger partial charge < -0.3 is 14.9 Å². The van der Waals surface area contributed by atoms with E-state index in [1.165, 1.54) is 0 Å². The topological polar surface area (TPSA) is 78.9 Å². The van der Waals surface area contributed by atoms with Gasteiger partial charge in [-0.2, -0.15) is 0 Å². The highest BCUT2D eigenvalue weighted by Crippen LogP contribution is 2.38. The number of H-pyrrole nitrogens is 1. The molecule has 0 saturated carbocycles. The zero-order valence-corrected chi connectivity index (χ0v) is 16.7. The fraction of sp³-hybridized carbons (Fsp3) is 0.167. The fourth-order valence-electron chi connectivity index (χ4n) is 4.30. The van der Waals surface area contributed by atoms with Gasteiger partial charge in [-0.1, -0.05) is 36.4 Å². The molecule has 0 fully saturated rings. The van der Waals surface area contributed by atoms with Crippen LogP contribution in [0.5, 0.6) is 0 Å². The van der Waals surface area contributed by atoms with Crippen LogP contribution in [0.3, 0.4) is 0 Å². The average molecular weight is 398 g/mol. The van der Waals surface area contributed by atoms with Crippen LogP contribution in [-0.2, 0) is 16.1 Å². The number of imide groups is 1. The molecule has 6 nitrogen and oxygen atoms in total. The van der Waals surface area contributed by atoms with E-state index in [9.17, 15) is 9.59 Å². The molecule has 0 saturated heterocycles. The van der Waals surface area contributed by atoms with E-state index in [-0.39, 0.29) is 11.8 Å². The zero-order valence-electron chi connectivity index (χ0n) is 16.7. The van der Waals surface area contributed by atoms with Gasteiger partial charge in [0.15, 0.2) is 0 Å². The molecular formula is C24H22N4O2. The third-order valence-corrected chi connectivity index (χ3v) is 5.67. The summed E-state index contributed by atoms with van der Waals surface area (Å²) in [5.41, 5.74) is 4.39. The molecule has 2 aromatic heterocycles. The molecule has 0 atom stereocenters. The Labute approximate surface area is 173 Å². The Morgan fingerprint density at radius 1 is 0.900 bits per heavy atom. The highest BCUT2D eigenvalue weighted by atomic mass is 16.2. The Kier molecular flexibility index (Phi) is 4.48. The van der Waals surface area contributed by atoms with Crippen molar-refractivity contribution in [1.29, 1.82) is 0 Å². The first-order valence-electron chi connectivity index (χ1n) is 10.1. The van der Waals surface area contributed by atoms with E-state index in [1.54, 1.807) is 0 Å². The summed E-state index contributed by atoms with van der Waals surface area (Å²) in [6, 6.07) is 15.8. The quantitative estimate of drug-likeness (QED) is 0.344. The minimum absolute atomic E-state index is 0.349. The van der Waals surface area contributed by atoms with Crippen LogP contribution in [0.2, 0.25) is 0 Å². The zero-order chi connectivity index (χ0) is 20.7. The van der Waals surface area contributed by atoms with Gasteiger partial charge in [-0.3, -0.25) is 14.9 Å². The van der Waals surface area contributed by atoms with E-state index in [4.69, 9.17) is 0 Å². The third kappa shape index (κ3) is 2.84. The van der Waals surface area contributed by atoms with Gasteiger partial charge in [-0.15, -0.1) is 0 Å². The molecule has 3 N–H and O–H groups in total. The number of amides is 2. The maximum Gasteiger partial charge on any atom is 0.259 e. The molecule has 3 heterocycles. The van der Waals surface area contributed by atoms with Crippen molar-refractivity contribution < 1.29 is 9.59 Å². The lowest BCUT2D eigenvalue weighted by Gasteiger charge is -2.04. The summed E-state index contributed by atoms with van der Waals surface area (Å²) in [5, 5.41) is 7.57. The van der Waals surface area contributed by atoms with E-state index in [2.05, 4.69) is 26.3 Å². The van der Waals surface area contributed by atoms with Gasteiger partial charge in [0.25, 0.3) is 11.8 Å². The molecule has 2 aromatic carbocycles. The minimum Gasteiger partial charge on any atom is -0.361 e. The van der Waals surface area contributed by atoms with Crippen molar-refractivity contribution in [2.24, 2.45) is 0 Å². The molecule has 6 heteroatoms. The number of para-hydroxylation sites is 2. The largest absolute Gasteiger partial charge is 0.361 e. The summed E-state index contributed by atoms with van der Waals surface area (Å²) in [4.78, 5) is 29.0. The first-order chi connectivity index (χ1) is 14.7. The molecule has 150 valence electrons. The van der Waals surface area contributed by atoms with E-state index >= 15 is 0 Å². The maximum absolute atomic E-state index is 12.9. The normalized spacial score (nSPS) is 14.3. The Bertz CT molecular complexity index is 1330. The van der Waals surface area contributed by atoms with Crippen molar-refractivity contribution in [3.63, 3.8) is 0 Å². The smallest absolute Gasteiger partial charge is 0.259 e. The predicted molar refractivity (Wildman–Crippen MR) is 119 cm³/mol. The van der Waals surface area contributed by atoms with Gasteiger partial charge >= 0.3 is 0 Å². The number of fused-ring (bicyclic) bond motifs is 2. The van der Waals surface area contributed by atoms with Crippen molar-refractivity contribution in [1.82, 2.24) is 20.2 Å². The Morgan fingerprint density at radius 2 is 1.60 bits per heavy atom. The summed E-state index contributed by atoms with van der Waals surface area (Å²) >= 11 is 0. The Morgan fingerprint density at radius 3 is 2.40 bits per heavy atom. The molecule has 0 unspecified atom stereocenters. The number of aryl methyl sites for hydroxylation is 1. The molecule has 1 aliphatic heterocycles. The monoisotopic (exact) mass is 398 g/mol.